The van der Waals surface area contributed by atoms with Crippen LogP contribution in [0.25, 0.3) is 0 Å². The van der Waals surface area contributed by atoms with Gasteiger partial charge in [-0.15, -0.1) is 0 Å². The molecule has 1 saturated heterocycles. The molecule has 0 saturated carbocycles. The van der Waals surface area contributed by atoms with Crippen molar-refractivity contribution in [3.05, 3.63) is 29.3 Å². The molecule has 2 rings (SSSR count). The van der Waals surface area contributed by atoms with E-state index in [2.05, 4.69) is 11.0 Å². The van der Waals surface area contributed by atoms with E-state index in [1.807, 2.05) is 32.0 Å². The minimum atomic E-state index is -0.705. The third kappa shape index (κ3) is 2.55. The molecule has 1 heterocycles. The van der Waals surface area contributed by atoms with E-state index in [-0.39, 0.29) is 0 Å². The SMILES string of the molecule is Cc1cc(N2CCC(C)(C(=O)O)CC2)ccc1C#N. The Morgan fingerprint density at radius 3 is 2.53 bits per heavy atom. The fourth-order valence-electron chi connectivity index (χ4n) is 2.44. The summed E-state index contributed by atoms with van der Waals surface area (Å²) < 4.78 is 0. The molecule has 4 nitrogen and oxygen atoms in total. The van der Waals surface area contributed by atoms with Gasteiger partial charge in [-0.05, 0) is 50.5 Å². The molecule has 0 bridgehead atoms. The minimum absolute atomic E-state index is 0.599. The van der Waals surface area contributed by atoms with Gasteiger partial charge in [-0.2, -0.15) is 5.26 Å². The van der Waals surface area contributed by atoms with E-state index in [1.165, 1.54) is 0 Å². The number of benzene rings is 1. The summed E-state index contributed by atoms with van der Waals surface area (Å²) in [5, 5.41) is 18.1. The van der Waals surface area contributed by atoms with Crippen LogP contribution >= 0.6 is 0 Å². The predicted octanol–water partition coefficient (Wildman–Crippen LogP) is 2.56. The molecule has 0 atom stereocenters. The van der Waals surface area contributed by atoms with Crippen LogP contribution in [0.15, 0.2) is 18.2 Å². The number of hydrogen-bond acceptors (Lipinski definition) is 3. The lowest BCUT2D eigenvalue weighted by Gasteiger charge is -2.37. The van der Waals surface area contributed by atoms with Crippen molar-refractivity contribution in [2.24, 2.45) is 5.41 Å². The van der Waals surface area contributed by atoms with Crippen LogP contribution in [0.2, 0.25) is 0 Å². The van der Waals surface area contributed by atoms with E-state index >= 15 is 0 Å². The van der Waals surface area contributed by atoms with Crippen molar-refractivity contribution >= 4 is 11.7 Å². The van der Waals surface area contributed by atoms with Crippen molar-refractivity contribution in [2.75, 3.05) is 18.0 Å². The van der Waals surface area contributed by atoms with Crippen LogP contribution in [-0.4, -0.2) is 24.2 Å². The lowest BCUT2D eigenvalue weighted by molar-refractivity contribution is -0.149. The molecular formula is C15H18N2O2. The first-order chi connectivity index (χ1) is 8.96. The number of anilines is 1. The first-order valence-electron chi connectivity index (χ1n) is 6.45. The van der Waals surface area contributed by atoms with Crippen molar-refractivity contribution in [3.63, 3.8) is 0 Å². The number of nitrogens with zero attached hydrogens (tertiary/aromatic N) is 2. The van der Waals surface area contributed by atoms with Crippen molar-refractivity contribution in [3.8, 4) is 6.07 Å². The Labute approximate surface area is 113 Å². The van der Waals surface area contributed by atoms with Crippen molar-refractivity contribution in [1.82, 2.24) is 0 Å². The maximum absolute atomic E-state index is 11.2. The van der Waals surface area contributed by atoms with Gasteiger partial charge in [0, 0.05) is 18.8 Å². The zero-order valence-electron chi connectivity index (χ0n) is 11.3. The van der Waals surface area contributed by atoms with E-state index in [4.69, 9.17) is 5.26 Å². The number of nitriles is 1. The first-order valence-corrected chi connectivity index (χ1v) is 6.45. The highest BCUT2D eigenvalue weighted by Crippen LogP contribution is 2.33. The summed E-state index contributed by atoms with van der Waals surface area (Å²) in [5.74, 6) is -0.705. The molecule has 0 amide bonds. The number of hydrogen-bond donors (Lipinski definition) is 1. The second kappa shape index (κ2) is 4.93. The van der Waals surface area contributed by atoms with Crippen LogP contribution in [0, 0.1) is 23.7 Å². The third-order valence-corrected chi connectivity index (χ3v) is 4.08. The van der Waals surface area contributed by atoms with Crippen LogP contribution in [0.3, 0.4) is 0 Å². The zero-order valence-corrected chi connectivity index (χ0v) is 11.3. The fraction of sp³-hybridized carbons (Fsp3) is 0.467. The predicted molar refractivity (Wildman–Crippen MR) is 73.1 cm³/mol. The van der Waals surface area contributed by atoms with Gasteiger partial charge >= 0.3 is 5.97 Å². The highest BCUT2D eigenvalue weighted by atomic mass is 16.4. The molecule has 1 fully saturated rings. The van der Waals surface area contributed by atoms with Gasteiger partial charge in [0.15, 0.2) is 0 Å². The topological polar surface area (TPSA) is 64.3 Å². The summed E-state index contributed by atoms with van der Waals surface area (Å²) in [5.41, 5.74) is 2.13. The molecule has 0 aromatic heterocycles. The van der Waals surface area contributed by atoms with Gasteiger partial charge in [0.05, 0.1) is 17.0 Å². The summed E-state index contributed by atoms with van der Waals surface area (Å²) >= 11 is 0. The third-order valence-electron chi connectivity index (χ3n) is 4.08. The van der Waals surface area contributed by atoms with E-state index in [9.17, 15) is 9.90 Å². The van der Waals surface area contributed by atoms with Crippen LogP contribution < -0.4 is 4.90 Å². The standard InChI is InChI=1S/C15H18N2O2/c1-11-9-13(4-3-12(11)10-16)17-7-5-15(2,6-8-17)14(18)19/h3-4,9H,5-8H2,1-2H3,(H,18,19). The lowest BCUT2D eigenvalue weighted by atomic mass is 9.80. The summed E-state index contributed by atoms with van der Waals surface area (Å²) in [4.78, 5) is 13.4. The van der Waals surface area contributed by atoms with Crippen LogP contribution in [-0.2, 0) is 4.79 Å². The van der Waals surface area contributed by atoms with E-state index in [0.717, 1.165) is 24.3 Å². The van der Waals surface area contributed by atoms with Gasteiger partial charge in [-0.25, -0.2) is 0 Å². The molecule has 0 radical (unpaired) electrons. The Kier molecular flexibility index (Phi) is 3.48. The second-order valence-corrected chi connectivity index (χ2v) is 5.46. The van der Waals surface area contributed by atoms with E-state index in [0.29, 0.717) is 18.4 Å². The number of rotatable bonds is 2. The lowest BCUT2D eigenvalue weighted by Crippen LogP contribution is -2.42. The Bertz CT molecular complexity index is 538. The zero-order chi connectivity index (χ0) is 14.0. The fourth-order valence-corrected chi connectivity index (χ4v) is 2.44. The average molecular weight is 258 g/mol. The molecule has 1 aliphatic rings. The Hall–Kier alpha value is -2.02. The number of piperidine rings is 1. The molecule has 0 unspecified atom stereocenters. The molecular weight excluding hydrogens is 240 g/mol. The molecule has 1 aromatic carbocycles. The van der Waals surface area contributed by atoms with Crippen LogP contribution in [0.1, 0.15) is 30.9 Å². The van der Waals surface area contributed by atoms with Gasteiger partial charge in [0.25, 0.3) is 0 Å². The van der Waals surface area contributed by atoms with Gasteiger partial charge in [-0.1, -0.05) is 0 Å². The Morgan fingerprint density at radius 1 is 1.42 bits per heavy atom. The molecule has 0 aliphatic carbocycles. The molecule has 4 heteroatoms. The number of carbonyl (C=O) groups is 1. The first kappa shape index (κ1) is 13.4. The van der Waals surface area contributed by atoms with Gasteiger partial charge < -0.3 is 10.0 Å². The van der Waals surface area contributed by atoms with Gasteiger partial charge in [0.2, 0.25) is 0 Å². The summed E-state index contributed by atoms with van der Waals surface area (Å²) in [6, 6.07) is 7.93. The van der Waals surface area contributed by atoms with Crippen LogP contribution in [0.4, 0.5) is 5.69 Å². The number of aryl methyl sites for hydroxylation is 1. The van der Waals surface area contributed by atoms with E-state index < -0.39 is 11.4 Å². The summed E-state index contributed by atoms with van der Waals surface area (Å²) in [6.45, 7) is 5.23. The Balaban J connectivity index is 2.12. The monoisotopic (exact) mass is 258 g/mol. The maximum atomic E-state index is 11.2. The quantitative estimate of drug-likeness (QED) is 0.885. The molecule has 1 aliphatic heterocycles. The number of carboxylic acid groups (broad SMARTS) is 1. The normalized spacial score (nSPS) is 17.8. The average Bonchev–Trinajstić information content (AvgIpc) is 2.39. The molecule has 1 N–H and O–H groups in total. The van der Waals surface area contributed by atoms with Crippen molar-refractivity contribution in [1.29, 1.82) is 5.26 Å². The molecule has 19 heavy (non-hydrogen) atoms. The summed E-state index contributed by atoms with van der Waals surface area (Å²) in [7, 11) is 0. The van der Waals surface area contributed by atoms with E-state index in [1.54, 1.807) is 0 Å². The smallest absolute Gasteiger partial charge is 0.309 e. The van der Waals surface area contributed by atoms with Crippen LogP contribution in [0.5, 0.6) is 0 Å². The van der Waals surface area contributed by atoms with Crippen molar-refractivity contribution in [2.45, 2.75) is 26.7 Å². The highest BCUT2D eigenvalue weighted by molar-refractivity contribution is 5.74. The molecule has 1 aromatic rings. The minimum Gasteiger partial charge on any atom is -0.481 e. The Morgan fingerprint density at radius 2 is 2.05 bits per heavy atom. The molecule has 100 valence electrons. The summed E-state index contributed by atoms with van der Waals surface area (Å²) in [6.07, 6.45) is 1.31. The second-order valence-electron chi connectivity index (χ2n) is 5.46. The largest absolute Gasteiger partial charge is 0.481 e. The van der Waals surface area contributed by atoms with Crippen molar-refractivity contribution < 1.29 is 9.90 Å². The molecule has 0 spiro atoms. The maximum Gasteiger partial charge on any atom is 0.309 e. The van der Waals surface area contributed by atoms with Gasteiger partial charge in [0.1, 0.15) is 0 Å². The number of aliphatic carboxylic acids is 1. The number of carboxylic acids is 1. The highest BCUT2D eigenvalue weighted by Gasteiger charge is 2.36. The van der Waals surface area contributed by atoms with Gasteiger partial charge in [-0.3, -0.25) is 4.79 Å².